The van der Waals surface area contributed by atoms with Crippen LogP contribution in [0.15, 0.2) is 0 Å². The summed E-state index contributed by atoms with van der Waals surface area (Å²) in [5, 5.41) is 4.74. The molecule has 1 saturated carbocycles. The zero-order valence-corrected chi connectivity index (χ0v) is 14.2. The van der Waals surface area contributed by atoms with E-state index in [2.05, 4.69) is 37.8 Å². The molecule has 0 spiro atoms. The van der Waals surface area contributed by atoms with Crippen LogP contribution in [0.5, 0.6) is 0 Å². The SMILES string of the molecule is CCCNC(CSC1CCCCC1)CC(C)CCC. The van der Waals surface area contributed by atoms with Crippen molar-refractivity contribution in [3.63, 3.8) is 0 Å². The summed E-state index contributed by atoms with van der Waals surface area (Å²) in [7, 11) is 0. The van der Waals surface area contributed by atoms with Crippen LogP contribution in [0.25, 0.3) is 0 Å². The summed E-state index contributed by atoms with van der Waals surface area (Å²) in [5.41, 5.74) is 0. The summed E-state index contributed by atoms with van der Waals surface area (Å²) in [6.45, 7) is 8.19. The van der Waals surface area contributed by atoms with E-state index in [1.54, 1.807) is 0 Å². The standard InChI is InChI=1S/C17H35NS/c1-4-9-15(3)13-16(18-12-5-2)14-19-17-10-7-6-8-11-17/h15-18H,4-14H2,1-3H3. The van der Waals surface area contributed by atoms with Gasteiger partial charge in [-0.3, -0.25) is 0 Å². The number of hydrogen-bond donors (Lipinski definition) is 1. The molecule has 2 atom stereocenters. The second-order valence-corrected chi connectivity index (χ2v) is 7.71. The molecule has 2 heteroatoms. The molecule has 1 rings (SSSR count). The lowest BCUT2D eigenvalue weighted by molar-refractivity contribution is 0.403. The van der Waals surface area contributed by atoms with Crippen molar-refractivity contribution in [3.8, 4) is 0 Å². The molecule has 1 N–H and O–H groups in total. The summed E-state index contributed by atoms with van der Waals surface area (Å²) >= 11 is 2.25. The predicted octanol–water partition coefficient (Wildman–Crippen LogP) is 5.25. The van der Waals surface area contributed by atoms with Gasteiger partial charge in [-0.25, -0.2) is 0 Å². The first-order chi connectivity index (χ1) is 9.26. The van der Waals surface area contributed by atoms with E-state index in [-0.39, 0.29) is 0 Å². The molecule has 0 aromatic rings. The van der Waals surface area contributed by atoms with Gasteiger partial charge in [-0.2, -0.15) is 11.8 Å². The molecule has 0 bridgehead atoms. The molecule has 1 fully saturated rings. The monoisotopic (exact) mass is 285 g/mol. The Bertz CT molecular complexity index is 201. The zero-order valence-electron chi connectivity index (χ0n) is 13.4. The molecule has 1 aliphatic rings. The summed E-state index contributed by atoms with van der Waals surface area (Å²) < 4.78 is 0. The number of hydrogen-bond acceptors (Lipinski definition) is 2. The van der Waals surface area contributed by atoms with Gasteiger partial charge in [-0.05, 0) is 38.1 Å². The second-order valence-electron chi connectivity index (χ2n) is 6.37. The Morgan fingerprint density at radius 2 is 1.84 bits per heavy atom. The lowest BCUT2D eigenvalue weighted by Gasteiger charge is -2.26. The summed E-state index contributed by atoms with van der Waals surface area (Å²) in [6, 6.07) is 0.744. The number of thioether (sulfide) groups is 1. The molecule has 0 aromatic heterocycles. The summed E-state index contributed by atoms with van der Waals surface area (Å²) in [5.74, 6) is 2.21. The minimum absolute atomic E-state index is 0.744. The third kappa shape index (κ3) is 8.24. The highest BCUT2D eigenvalue weighted by Crippen LogP contribution is 2.29. The van der Waals surface area contributed by atoms with Gasteiger partial charge >= 0.3 is 0 Å². The average Bonchev–Trinajstić information content (AvgIpc) is 2.43. The Morgan fingerprint density at radius 3 is 2.47 bits per heavy atom. The van der Waals surface area contributed by atoms with E-state index in [9.17, 15) is 0 Å². The van der Waals surface area contributed by atoms with Crippen LogP contribution >= 0.6 is 11.8 Å². The van der Waals surface area contributed by atoms with Gasteiger partial charge < -0.3 is 5.32 Å². The molecule has 0 aliphatic heterocycles. The van der Waals surface area contributed by atoms with Crippen LogP contribution in [-0.4, -0.2) is 23.6 Å². The van der Waals surface area contributed by atoms with Crippen molar-refractivity contribution in [3.05, 3.63) is 0 Å². The van der Waals surface area contributed by atoms with Gasteiger partial charge in [0.15, 0.2) is 0 Å². The zero-order chi connectivity index (χ0) is 13.9. The summed E-state index contributed by atoms with van der Waals surface area (Å²) in [6.07, 6.45) is 12.7. The Labute approximate surface area is 125 Å². The first kappa shape index (κ1) is 17.4. The number of nitrogens with one attached hydrogen (secondary N) is 1. The highest BCUT2D eigenvalue weighted by Gasteiger charge is 2.17. The van der Waals surface area contributed by atoms with Gasteiger partial charge in [0.2, 0.25) is 0 Å². The first-order valence-corrected chi connectivity index (χ1v) is 9.66. The van der Waals surface area contributed by atoms with Crippen LogP contribution in [0.1, 0.15) is 78.6 Å². The van der Waals surface area contributed by atoms with Gasteiger partial charge in [-0.15, -0.1) is 0 Å². The van der Waals surface area contributed by atoms with E-state index in [1.807, 2.05) is 0 Å². The predicted molar refractivity (Wildman–Crippen MR) is 90.1 cm³/mol. The maximum atomic E-state index is 3.78. The van der Waals surface area contributed by atoms with Crippen LogP contribution in [0.3, 0.4) is 0 Å². The molecule has 114 valence electrons. The molecule has 1 aliphatic carbocycles. The molecular weight excluding hydrogens is 250 g/mol. The van der Waals surface area contributed by atoms with E-state index in [0.717, 1.165) is 17.2 Å². The minimum atomic E-state index is 0.744. The fourth-order valence-corrected chi connectivity index (χ4v) is 4.56. The lowest BCUT2D eigenvalue weighted by atomic mass is 9.98. The van der Waals surface area contributed by atoms with Crippen molar-refractivity contribution in [2.75, 3.05) is 12.3 Å². The van der Waals surface area contributed by atoms with Gasteiger partial charge in [0.05, 0.1) is 0 Å². The third-order valence-electron chi connectivity index (χ3n) is 4.24. The Hall–Kier alpha value is 0.310. The van der Waals surface area contributed by atoms with Gasteiger partial charge in [0, 0.05) is 17.0 Å². The number of rotatable bonds is 10. The second kappa shape index (κ2) is 11.0. The molecule has 0 saturated heterocycles. The molecule has 2 unspecified atom stereocenters. The van der Waals surface area contributed by atoms with Crippen LogP contribution in [0.4, 0.5) is 0 Å². The Balaban J connectivity index is 2.26. The van der Waals surface area contributed by atoms with E-state index in [1.165, 1.54) is 70.1 Å². The van der Waals surface area contributed by atoms with E-state index >= 15 is 0 Å². The highest BCUT2D eigenvalue weighted by atomic mass is 32.2. The van der Waals surface area contributed by atoms with Crippen molar-refractivity contribution in [1.29, 1.82) is 0 Å². The lowest BCUT2D eigenvalue weighted by Crippen LogP contribution is -2.34. The molecule has 0 heterocycles. The highest BCUT2D eigenvalue weighted by molar-refractivity contribution is 7.99. The van der Waals surface area contributed by atoms with Crippen LogP contribution in [0.2, 0.25) is 0 Å². The van der Waals surface area contributed by atoms with E-state index in [4.69, 9.17) is 0 Å². The van der Waals surface area contributed by atoms with E-state index in [0.29, 0.717) is 0 Å². The molecule has 1 nitrogen and oxygen atoms in total. The molecule has 0 aromatic carbocycles. The Morgan fingerprint density at radius 1 is 1.11 bits per heavy atom. The van der Waals surface area contributed by atoms with Gasteiger partial charge in [-0.1, -0.05) is 52.9 Å². The van der Waals surface area contributed by atoms with Crippen molar-refractivity contribution in [2.24, 2.45) is 5.92 Å². The molecule has 19 heavy (non-hydrogen) atoms. The van der Waals surface area contributed by atoms with Gasteiger partial charge in [0.25, 0.3) is 0 Å². The van der Waals surface area contributed by atoms with Crippen LogP contribution in [0, 0.1) is 5.92 Å². The topological polar surface area (TPSA) is 12.0 Å². The normalized spacial score (nSPS) is 20.4. The smallest absolute Gasteiger partial charge is 0.0160 e. The first-order valence-electron chi connectivity index (χ1n) is 8.61. The summed E-state index contributed by atoms with van der Waals surface area (Å²) in [4.78, 5) is 0. The Kier molecular flexibility index (Phi) is 10.1. The van der Waals surface area contributed by atoms with Crippen LogP contribution in [-0.2, 0) is 0 Å². The maximum Gasteiger partial charge on any atom is 0.0160 e. The van der Waals surface area contributed by atoms with Crippen molar-refractivity contribution < 1.29 is 0 Å². The van der Waals surface area contributed by atoms with E-state index < -0.39 is 0 Å². The molecule has 0 radical (unpaired) electrons. The molecule has 0 amide bonds. The third-order valence-corrected chi connectivity index (χ3v) is 5.77. The fraction of sp³-hybridized carbons (Fsp3) is 1.00. The maximum absolute atomic E-state index is 3.78. The van der Waals surface area contributed by atoms with Crippen molar-refractivity contribution >= 4 is 11.8 Å². The fourth-order valence-electron chi connectivity index (χ4n) is 3.14. The minimum Gasteiger partial charge on any atom is -0.313 e. The van der Waals surface area contributed by atoms with Crippen LogP contribution < -0.4 is 5.32 Å². The van der Waals surface area contributed by atoms with Crippen molar-refractivity contribution in [1.82, 2.24) is 5.32 Å². The average molecular weight is 286 g/mol. The molecular formula is C17H35NS. The quantitative estimate of drug-likeness (QED) is 0.588. The largest absolute Gasteiger partial charge is 0.313 e. The van der Waals surface area contributed by atoms with Crippen molar-refractivity contribution in [2.45, 2.75) is 89.9 Å². The van der Waals surface area contributed by atoms with Gasteiger partial charge in [0.1, 0.15) is 0 Å².